The Hall–Kier alpha value is -2.18. The largest absolute Gasteiger partial charge is 0.480 e. The average Bonchev–Trinajstić information content (AvgIpc) is 2.55. The average molecular weight is 296 g/mol. The van der Waals surface area contributed by atoms with Gasteiger partial charge in [-0.25, -0.2) is 4.79 Å². The molecule has 0 spiro atoms. The van der Waals surface area contributed by atoms with E-state index in [0.29, 0.717) is 11.1 Å². The molecule has 0 saturated heterocycles. The Kier molecular flexibility index (Phi) is 4.88. The van der Waals surface area contributed by atoms with Crippen LogP contribution in [-0.4, -0.2) is 58.2 Å². The van der Waals surface area contributed by atoms with E-state index in [1.165, 1.54) is 20.9 Å². The molecule has 1 rings (SSSR count). The van der Waals surface area contributed by atoms with Crippen LogP contribution < -0.4 is 0 Å². The highest BCUT2D eigenvalue weighted by molar-refractivity contribution is 6.19. The van der Waals surface area contributed by atoms with E-state index in [9.17, 15) is 19.2 Å². The topological polar surface area (TPSA) is 95.0 Å². The van der Waals surface area contributed by atoms with Gasteiger partial charge in [0.15, 0.2) is 0 Å². The third-order valence-corrected chi connectivity index (χ3v) is 3.68. The van der Waals surface area contributed by atoms with E-state index in [4.69, 9.17) is 5.11 Å². The van der Waals surface area contributed by atoms with Gasteiger partial charge >= 0.3 is 5.97 Å². The summed E-state index contributed by atoms with van der Waals surface area (Å²) in [6, 6.07) is -1.000. The fourth-order valence-corrected chi connectivity index (χ4v) is 2.26. The van der Waals surface area contributed by atoms with Crippen LogP contribution in [0.2, 0.25) is 0 Å². The second-order valence-corrected chi connectivity index (χ2v) is 5.48. The first-order valence-corrected chi connectivity index (χ1v) is 6.61. The number of amides is 3. The third kappa shape index (κ3) is 3.12. The molecule has 116 valence electrons. The second kappa shape index (κ2) is 6.07. The molecule has 1 atom stereocenters. The molecule has 1 N–H and O–H groups in total. The summed E-state index contributed by atoms with van der Waals surface area (Å²) in [6.07, 6.45) is 0. The molecule has 0 aromatic carbocycles. The van der Waals surface area contributed by atoms with Crippen LogP contribution in [0.3, 0.4) is 0 Å². The van der Waals surface area contributed by atoms with Crippen molar-refractivity contribution in [3.8, 4) is 0 Å². The summed E-state index contributed by atoms with van der Waals surface area (Å²) < 4.78 is 0. The summed E-state index contributed by atoms with van der Waals surface area (Å²) in [5, 5.41) is 9.16. The van der Waals surface area contributed by atoms with Gasteiger partial charge in [0.05, 0.1) is 0 Å². The Labute approximate surface area is 123 Å². The van der Waals surface area contributed by atoms with Crippen LogP contribution >= 0.6 is 0 Å². The first-order chi connectivity index (χ1) is 9.59. The number of aliphatic carboxylic acids is 1. The monoisotopic (exact) mass is 296 g/mol. The predicted molar refractivity (Wildman–Crippen MR) is 74.1 cm³/mol. The lowest BCUT2D eigenvalue weighted by Crippen LogP contribution is -2.50. The van der Waals surface area contributed by atoms with E-state index in [0.717, 1.165) is 9.80 Å². The summed E-state index contributed by atoms with van der Waals surface area (Å²) in [6.45, 7) is 5.98. The molecule has 0 fully saturated rings. The van der Waals surface area contributed by atoms with Gasteiger partial charge in [-0.15, -0.1) is 0 Å². The van der Waals surface area contributed by atoms with Crippen molar-refractivity contribution in [3.63, 3.8) is 0 Å². The van der Waals surface area contributed by atoms with Crippen molar-refractivity contribution in [2.24, 2.45) is 5.92 Å². The lowest BCUT2D eigenvalue weighted by molar-refractivity contribution is -0.152. The number of likely N-dealkylation sites (N-methyl/N-ethyl adjacent to an activating group) is 1. The first-order valence-electron chi connectivity index (χ1n) is 6.61. The van der Waals surface area contributed by atoms with Gasteiger partial charge in [0.25, 0.3) is 11.8 Å². The van der Waals surface area contributed by atoms with Crippen molar-refractivity contribution in [2.45, 2.75) is 33.7 Å². The molecular formula is C14H20N2O5. The molecule has 0 aromatic rings. The van der Waals surface area contributed by atoms with Gasteiger partial charge in [-0.2, -0.15) is 0 Å². The van der Waals surface area contributed by atoms with E-state index >= 15 is 0 Å². The molecule has 7 nitrogen and oxygen atoms in total. The Bertz CT molecular complexity index is 511. The smallest absolute Gasteiger partial charge is 0.326 e. The highest BCUT2D eigenvalue weighted by Crippen LogP contribution is 2.20. The number of imide groups is 1. The van der Waals surface area contributed by atoms with Crippen molar-refractivity contribution in [1.82, 2.24) is 9.80 Å². The zero-order valence-corrected chi connectivity index (χ0v) is 12.8. The molecule has 1 heterocycles. The fraction of sp³-hybridized carbons (Fsp3) is 0.571. The van der Waals surface area contributed by atoms with Crippen LogP contribution in [0.1, 0.15) is 27.7 Å². The minimum Gasteiger partial charge on any atom is -0.480 e. The molecule has 0 aliphatic carbocycles. The normalized spacial score (nSPS) is 16.8. The molecule has 0 radical (unpaired) electrons. The van der Waals surface area contributed by atoms with E-state index in [-0.39, 0.29) is 5.92 Å². The summed E-state index contributed by atoms with van der Waals surface area (Å²) in [5.74, 6) is -3.00. The van der Waals surface area contributed by atoms with Crippen molar-refractivity contribution < 1.29 is 24.3 Å². The van der Waals surface area contributed by atoms with Gasteiger partial charge in [-0.05, 0) is 19.8 Å². The Morgan fingerprint density at radius 1 is 1.14 bits per heavy atom. The molecule has 0 bridgehead atoms. The van der Waals surface area contributed by atoms with Crippen LogP contribution in [-0.2, 0) is 19.2 Å². The lowest BCUT2D eigenvalue weighted by Gasteiger charge is -2.29. The van der Waals surface area contributed by atoms with Crippen LogP contribution in [0.25, 0.3) is 0 Å². The van der Waals surface area contributed by atoms with E-state index in [1.807, 2.05) is 0 Å². The molecule has 21 heavy (non-hydrogen) atoms. The van der Waals surface area contributed by atoms with Crippen molar-refractivity contribution >= 4 is 23.7 Å². The number of nitrogens with zero attached hydrogens (tertiary/aromatic N) is 2. The van der Waals surface area contributed by atoms with Crippen LogP contribution in [0.4, 0.5) is 0 Å². The molecule has 0 unspecified atom stereocenters. The highest BCUT2D eigenvalue weighted by atomic mass is 16.4. The Balaban J connectivity index is 2.85. The Morgan fingerprint density at radius 3 is 1.90 bits per heavy atom. The zero-order chi connectivity index (χ0) is 16.5. The standard InChI is InChI=1S/C14H20N2O5/c1-7(2)11(14(20)21)15(5)10(17)6-16-12(18)8(3)9(4)13(16)19/h7,11H,6H2,1-5H3,(H,20,21)/t11-/m0/s1. The highest BCUT2D eigenvalue weighted by Gasteiger charge is 2.37. The van der Waals surface area contributed by atoms with Crippen molar-refractivity contribution in [3.05, 3.63) is 11.1 Å². The van der Waals surface area contributed by atoms with Crippen molar-refractivity contribution in [1.29, 1.82) is 0 Å². The quantitative estimate of drug-likeness (QED) is 0.734. The van der Waals surface area contributed by atoms with Crippen LogP contribution in [0.15, 0.2) is 11.1 Å². The minimum absolute atomic E-state index is 0.289. The summed E-state index contributed by atoms with van der Waals surface area (Å²) in [4.78, 5) is 49.0. The predicted octanol–water partition coefficient (Wildman–Crippen LogP) is 0.259. The summed E-state index contributed by atoms with van der Waals surface area (Å²) in [7, 11) is 1.36. The number of carboxylic acid groups (broad SMARTS) is 1. The number of rotatable bonds is 5. The van der Waals surface area contributed by atoms with Gasteiger partial charge in [-0.1, -0.05) is 13.8 Å². The van der Waals surface area contributed by atoms with Gasteiger partial charge < -0.3 is 10.0 Å². The van der Waals surface area contributed by atoms with Crippen molar-refractivity contribution in [2.75, 3.05) is 13.6 Å². The van der Waals surface area contributed by atoms with Crippen LogP contribution in [0.5, 0.6) is 0 Å². The van der Waals surface area contributed by atoms with Gasteiger partial charge in [-0.3, -0.25) is 19.3 Å². The maximum absolute atomic E-state index is 12.2. The maximum Gasteiger partial charge on any atom is 0.326 e. The lowest BCUT2D eigenvalue weighted by atomic mass is 10.0. The molecule has 0 saturated carbocycles. The first kappa shape index (κ1) is 16.9. The van der Waals surface area contributed by atoms with Crippen LogP contribution in [0, 0.1) is 5.92 Å². The third-order valence-electron chi connectivity index (χ3n) is 3.68. The number of hydrogen-bond acceptors (Lipinski definition) is 4. The molecular weight excluding hydrogens is 276 g/mol. The molecule has 3 amide bonds. The molecule has 0 aromatic heterocycles. The second-order valence-electron chi connectivity index (χ2n) is 5.48. The molecule has 1 aliphatic rings. The summed E-state index contributed by atoms with van der Waals surface area (Å²) in [5.41, 5.74) is 0.628. The Morgan fingerprint density at radius 2 is 1.57 bits per heavy atom. The fourth-order valence-electron chi connectivity index (χ4n) is 2.26. The van der Waals surface area contributed by atoms with Gasteiger partial charge in [0, 0.05) is 18.2 Å². The van der Waals surface area contributed by atoms with E-state index in [1.54, 1.807) is 13.8 Å². The van der Waals surface area contributed by atoms with E-state index in [2.05, 4.69) is 0 Å². The zero-order valence-electron chi connectivity index (χ0n) is 12.8. The van der Waals surface area contributed by atoms with E-state index < -0.39 is 36.3 Å². The molecule has 7 heteroatoms. The minimum atomic E-state index is -1.12. The number of carboxylic acids is 1. The maximum atomic E-state index is 12.2. The number of carbonyl (C=O) groups excluding carboxylic acids is 3. The number of hydrogen-bond donors (Lipinski definition) is 1. The number of carbonyl (C=O) groups is 4. The molecule has 1 aliphatic heterocycles. The van der Waals surface area contributed by atoms with Gasteiger partial charge in [0.2, 0.25) is 5.91 Å². The SMILES string of the molecule is CC1=C(C)C(=O)N(CC(=O)N(C)[C@H](C(=O)O)C(C)C)C1=O. The van der Waals surface area contributed by atoms with Gasteiger partial charge in [0.1, 0.15) is 12.6 Å². The summed E-state index contributed by atoms with van der Waals surface area (Å²) >= 11 is 0.